The predicted octanol–water partition coefficient (Wildman–Crippen LogP) is 1.44. The molecule has 0 heterocycles. The fourth-order valence-corrected chi connectivity index (χ4v) is 0.296. The first-order valence-electron chi connectivity index (χ1n) is 2.49. The molecule has 0 aliphatic heterocycles. The zero-order valence-electron chi connectivity index (χ0n) is 5.06. The van der Waals surface area contributed by atoms with Crippen molar-refractivity contribution in [3.05, 3.63) is 0 Å². The van der Waals surface area contributed by atoms with Crippen molar-refractivity contribution in [3.63, 3.8) is 0 Å². The second kappa shape index (κ2) is 3.41. The van der Waals surface area contributed by atoms with E-state index in [-0.39, 0.29) is 11.6 Å². The Hall–Kier alpha value is -0.600. The quantitative estimate of drug-likeness (QED) is 0.333. The molecule has 0 saturated heterocycles. The molecule has 0 atom stereocenters. The van der Waals surface area contributed by atoms with Gasteiger partial charge >= 0.3 is 0 Å². The van der Waals surface area contributed by atoms with Crippen LogP contribution in [0.25, 0.3) is 0 Å². The Morgan fingerprint density at radius 3 is 2.25 bits per heavy atom. The molecule has 0 radical (unpaired) electrons. The third-order valence-electron chi connectivity index (χ3n) is 0.932. The predicted molar refractivity (Wildman–Crippen MR) is 30.0 cm³/mol. The molecule has 8 heavy (non-hydrogen) atoms. The SMILES string of the molecule is CC(C)/C(CF)=N\O. The minimum atomic E-state index is -0.659. The van der Waals surface area contributed by atoms with Gasteiger partial charge in [-0.2, -0.15) is 0 Å². The Kier molecular flexibility index (Phi) is 3.15. The zero-order valence-corrected chi connectivity index (χ0v) is 5.06. The summed E-state index contributed by atoms with van der Waals surface area (Å²) in [4.78, 5) is 0. The summed E-state index contributed by atoms with van der Waals surface area (Å²) in [6, 6.07) is 0. The van der Waals surface area contributed by atoms with Gasteiger partial charge in [0.1, 0.15) is 6.67 Å². The Bertz CT molecular complexity index is 90.4. The van der Waals surface area contributed by atoms with Crippen molar-refractivity contribution in [3.8, 4) is 0 Å². The highest BCUT2D eigenvalue weighted by atomic mass is 19.1. The fourth-order valence-electron chi connectivity index (χ4n) is 0.296. The maximum atomic E-state index is 11.6. The summed E-state index contributed by atoms with van der Waals surface area (Å²) in [5.41, 5.74) is 0.199. The Morgan fingerprint density at radius 2 is 2.25 bits per heavy atom. The molecule has 0 spiro atoms. The second-order valence-corrected chi connectivity index (χ2v) is 1.88. The smallest absolute Gasteiger partial charge is 0.131 e. The number of rotatable bonds is 2. The van der Waals surface area contributed by atoms with Crippen LogP contribution in [-0.2, 0) is 0 Å². The van der Waals surface area contributed by atoms with Crippen LogP contribution in [0.5, 0.6) is 0 Å². The lowest BCUT2D eigenvalue weighted by molar-refractivity contribution is 0.312. The van der Waals surface area contributed by atoms with E-state index in [9.17, 15) is 4.39 Å². The van der Waals surface area contributed by atoms with Gasteiger partial charge in [-0.1, -0.05) is 19.0 Å². The number of alkyl halides is 1. The van der Waals surface area contributed by atoms with E-state index in [0.717, 1.165) is 0 Å². The molecule has 0 aliphatic carbocycles. The number of halogens is 1. The van der Waals surface area contributed by atoms with Crippen molar-refractivity contribution >= 4 is 5.71 Å². The Balaban J connectivity index is 3.72. The first-order chi connectivity index (χ1) is 3.72. The molecule has 0 aliphatic rings. The van der Waals surface area contributed by atoms with E-state index >= 15 is 0 Å². The van der Waals surface area contributed by atoms with E-state index in [1.165, 1.54) is 0 Å². The van der Waals surface area contributed by atoms with Crippen LogP contribution >= 0.6 is 0 Å². The lowest BCUT2D eigenvalue weighted by atomic mass is 10.1. The van der Waals surface area contributed by atoms with Gasteiger partial charge in [-0.3, -0.25) is 0 Å². The molecule has 0 aromatic rings. The maximum absolute atomic E-state index is 11.6. The lowest BCUT2D eigenvalue weighted by Gasteiger charge is -1.99. The number of oxime groups is 1. The molecule has 0 amide bonds. The van der Waals surface area contributed by atoms with E-state index in [4.69, 9.17) is 5.21 Å². The van der Waals surface area contributed by atoms with E-state index in [0.29, 0.717) is 0 Å². The first-order valence-corrected chi connectivity index (χ1v) is 2.49. The summed E-state index contributed by atoms with van der Waals surface area (Å²) in [7, 11) is 0. The minimum absolute atomic E-state index is 0.00463. The molecule has 0 aromatic heterocycles. The molecule has 0 rings (SSSR count). The van der Waals surface area contributed by atoms with Crippen LogP contribution in [0, 0.1) is 5.92 Å². The molecule has 0 fully saturated rings. The van der Waals surface area contributed by atoms with Gasteiger partial charge in [0.15, 0.2) is 0 Å². The molecule has 0 unspecified atom stereocenters. The highest BCUT2D eigenvalue weighted by Gasteiger charge is 2.02. The Morgan fingerprint density at radius 1 is 1.75 bits per heavy atom. The van der Waals surface area contributed by atoms with Crippen LogP contribution in [0.2, 0.25) is 0 Å². The maximum Gasteiger partial charge on any atom is 0.131 e. The standard InChI is InChI=1S/C5H10FNO/c1-4(2)5(3-6)7-8/h4,8H,3H2,1-2H3/b7-5-. The average molecular weight is 119 g/mol. The number of hydrogen-bond donors (Lipinski definition) is 1. The number of nitrogens with zero attached hydrogens (tertiary/aromatic N) is 1. The van der Waals surface area contributed by atoms with Crippen LogP contribution < -0.4 is 0 Å². The van der Waals surface area contributed by atoms with Gasteiger partial charge in [0.05, 0.1) is 5.71 Å². The van der Waals surface area contributed by atoms with E-state index in [1.807, 2.05) is 0 Å². The molecule has 2 nitrogen and oxygen atoms in total. The van der Waals surface area contributed by atoms with E-state index < -0.39 is 6.67 Å². The molecule has 1 N–H and O–H groups in total. The van der Waals surface area contributed by atoms with E-state index in [2.05, 4.69) is 5.16 Å². The summed E-state index contributed by atoms with van der Waals surface area (Å²) in [5, 5.41) is 10.8. The molecule has 0 aromatic carbocycles. The zero-order chi connectivity index (χ0) is 6.57. The highest BCUT2D eigenvalue weighted by Crippen LogP contribution is 1.95. The van der Waals surface area contributed by atoms with Crippen molar-refractivity contribution < 1.29 is 9.60 Å². The largest absolute Gasteiger partial charge is 0.411 e. The van der Waals surface area contributed by atoms with Gasteiger partial charge in [-0.25, -0.2) is 4.39 Å². The van der Waals surface area contributed by atoms with Crippen LogP contribution in [0.1, 0.15) is 13.8 Å². The summed E-state index contributed by atoms with van der Waals surface area (Å²) >= 11 is 0. The molecule has 3 heteroatoms. The molecular weight excluding hydrogens is 109 g/mol. The fraction of sp³-hybridized carbons (Fsp3) is 0.800. The third-order valence-corrected chi connectivity index (χ3v) is 0.932. The summed E-state index contributed by atoms with van der Waals surface area (Å²) in [6.45, 7) is 2.89. The normalized spacial score (nSPS) is 12.8. The minimum Gasteiger partial charge on any atom is -0.411 e. The van der Waals surface area contributed by atoms with Gasteiger partial charge in [0, 0.05) is 0 Å². The van der Waals surface area contributed by atoms with Crippen LogP contribution in [0.4, 0.5) is 4.39 Å². The van der Waals surface area contributed by atoms with Crippen molar-refractivity contribution in [2.24, 2.45) is 11.1 Å². The van der Waals surface area contributed by atoms with Crippen molar-refractivity contribution in [1.82, 2.24) is 0 Å². The molecule has 48 valence electrons. The van der Waals surface area contributed by atoms with Gasteiger partial charge in [0.25, 0.3) is 0 Å². The van der Waals surface area contributed by atoms with E-state index in [1.54, 1.807) is 13.8 Å². The summed E-state index contributed by atoms with van der Waals surface area (Å²) in [6.07, 6.45) is 0. The van der Waals surface area contributed by atoms with Crippen LogP contribution in [0.3, 0.4) is 0 Å². The Labute approximate surface area is 48.0 Å². The van der Waals surface area contributed by atoms with Crippen molar-refractivity contribution in [2.45, 2.75) is 13.8 Å². The van der Waals surface area contributed by atoms with Gasteiger partial charge in [-0.05, 0) is 5.92 Å². The third kappa shape index (κ3) is 1.91. The lowest BCUT2D eigenvalue weighted by Crippen LogP contribution is -2.08. The second-order valence-electron chi connectivity index (χ2n) is 1.88. The average Bonchev–Trinajstić information content (AvgIpc) is 1.69. The number of hydrogen-bond acceptors (Lipinski definition) is 2. The van der Waals surface area contributed by atoms with Gasteiger partial charge in [0.2, 0.25) is 0 Å². The molecule has 0 bridgehead atoms. The summed E-state index contributed by atoms with van der Waals surface area (Å²) < 4.78 is 11.6. The van der Waals surface area contributed by atoms with Crippen molar-refractivity contribution in [1.29, 1.82) is 0 Å². The molecular formula is C5H10FNO. The monoisotopic (exact) mass is 119 g/mol. The van der Waals surface area contributed by atoms with Crippen molar-refractivity contribution in [2.75, 3.05) is 6.67 Å². The highest BCUT2D eigenvalue weighted by molar-refractivity contribution is 5.86. The van der Waals surface area contributed by atoms with Crippen LogP contribution in [-0.4, -0.2) is 17.6 Å². The van der Waals surface area contributed by atoms with Gasteiger partial charge < -0.3 is 5.21 Å². The molecule has 0 saturated carbocycles. The topological polar surface area (TPSA) is 32.6 Å². The van der Waals surface area contributed by atoms with Crippen LogP contribution in [0.15, 0.2) is 5.16 Å². The van der Waals surface area contributed by atoms with Gasteiger partial charge in [-0.15, -0.1) is 0 Å². The summed E-state index contributed by atoms with van der Waals surface area (Å²) in [5.74, 6) is 0.00463. The first kappa shape index (κ1) is 7.40.